The molecular weight excluding hydrogens is 300 g/mol. The van der Waals surface area contributed by atoms with Crippen LogP contribution in [0.25, 0.3) is 0 Å². The van der Waals surface area contributed by atoms with Crippen molar-refractivity contribution in [1.29, 1.82) is 0 Å². The second kappa shape index (κ2) is 7.30. The van der Waals surface area contributed by atoms with E-state index in [1.54, 1.807) is 37.5 Å². The Balaban J connectivity index is 1.95. The smallest absolute Gasteiger partial charge is 0.272 e. The van der Waals surface area contributed by atoms with Crippen molar-refractivity contribution in [3.05, 3.63) is 36.2 Å². The predicted octanol–water partition coefficient (Wildman–Crippen LogP) is 0.806. The molecule has 122 valence electrons. The molecule has 2 aromatic rings. The van der Waals surface area contributed by atoms with Crippen molar-refractivity contribution in [3.63, 3.8) is 0 Å². The topological polar surface area (TPSA) is 94.5 Å². The highest BCUT2D eigenvalue weighted by Crippen LogP contribution is 2.28. The van der Waals surface area contributed by atoms with E-state index in [0.29, 0.717) is 17.2 Å². The number of amides is 2. The third-order valence-corrected chi connectivity index (χ3v) is 3.04. The van der Waals surface area contributed by atoms with Gasteiger partial charge in [-0.25, -0.2) is 0 Å². The third-order valence-electron chi connectivity index (χ3n) is 3.04. The maximum absolute atomic E-state index is 12.0. The van der Waals surface area contributed by atoms with E-state index in [9.17, 15) is 9.59 Å². The van der Waals surface area contributed by atoms with Crippen LogP contribution in [-0.2, 0) is 11.8 Å². The maximum atomic E-state index is 12.0. The van der Waals surface area contributed by atoms with Gasteiger partial charge in [-0.1, -0.05) is 0 Å². The molecule has 0 unspecified atom stereocenters. The lowest BCUT2D eigenvalue weighted by Gasteiger charge is -2.12. The number of carbonyl (C=O) groups is 2. The molecule has 2 amide bonds. The Morgan fingerprint density at radius 2 is 2.00 bits per heavy atom. The molecule has 8 heteroatoms. The minimum Gasteiger partial charge on any atom is -0.497 e. The number of benzene rings is 1. The van der Waals surface area contributed by atoms with E-state index < -0.39 is 5.91 Å². The van der Waals surface area contributed by atoms with Gasteiger partial charge in [0, 0.05) is 19.3 Å². The van der Waals surface area contributed by atoms with Crippen molar-refractivity contribution in [2.24, 2.45) is 7.05 Å². The molecule has 0 saturated heterocycles. The standard InChI is InChI=1S/C15H18N4O4/c1-19-7-6-11(18-19)15(21)16-9-14(20)17-12-8-10(22-2)4-5-13(12)23-3/h4-8H,9H2,1-3H3,(H,16,21)(H,17,20). The molecule has 23 heavy (non-hydrogen) atoms. The zero-order valence-electron chi connectivity index (χ0n) is 13.1. The summed E-state index contributed by atoms with van der Waals surface area (Å²) in [5, 5.41) is 9.12. The minimum atomic E-state index is -0.418. The number of aryl methyl sites for hydroxylation is 1. The van der Waals surface area contributed by atoms with E-state index >= 15 is 0 Å². The molecular formula is C15H18N4O4. The van der Waals surface area contributed by atoms with Gasteiger partial charge in [0.25, 0.3) is 5.91 Å². The molecule has 0 bridgehead atoms. The van der Waals surface area contributed by atoms with Crippen molar-refractivity contribution in [3.8, 4) is 11.5 Å². The van der Waals surface area contributed by atoms with Crippen molar-refractivity contribution in [2.45, 2.75) is 0 Å². The van der Waals surface area contributed by atoms with Gasteiger partial charge in [-0.05, 0) is 18.2 Å². The quantitative estimate of drug-likeness (QED) is 0.822. The molecule has 0 fully saturated rings. The van der Waals surface area contributed by atoms with Crippen LogP contribution >= 0.6 is 0 Å². The van der Waals surface area contributed by atoms with E-state index in [0.717, 1.165) is 0 Å². The first-order chi connectivity index (χ1) is 11.0. The Morgan fingerprint density at radius 1 is 1.22 bits per heavy atom. The molecule has 2 N–H and O–H groups in total. The van der Waals surface area contributed by atoms with Gasteiger partial charge < -0.3 is 20.1 Å². The van der Waals surface area contributed by atoms with Crippen LogP contribution in [0.5, 0.6) is 11.5 Å². The molecule has 0 saturated carbocycles. The highest BCUT2D eigenvalue weighted by molar-refractivity contribution is 5.99. The van der Waals surface area contributed by atoms with Crippen LogP contribution in [0.15, 0.2) is 30.5 Å². The summed E-state index contributed by atoms with van der Waals surface area (Å²) in [5.41, 5.74) is 0.711. The summed E-state index contributed by atoms with van der Waals surface area (Å²) in [6.45, 7) is -0.185. The molecule has 1 aromatic carbocycles. The summed E-state index contributed by atoms with van der Waals surface area (Å²) < 4.78 is 11.8. The fourth-order valence-corrected chi connectivity index (χ4v) is 1.89. The average molecular weight is 318 g/mol. The fourth-order valence-electron chi connectivity index (χ4n) is 1.89. The molecule has 0 radical (unpaired) electrons. The number of hydrogen-bond donors (Lipinski definition) is 2. The number of nitrogens with one attached hydrogen (secondary N) is 2. The Labute approximate surface area is 133 Å². The van der Waals surface area contributed by atoms with Crippen LogP contribution in [0.1, 0.15) is 10.5 Å². The van der Waals surface area contributed by atoms with Crippen LogP contribution in [-0.4, -0.2) is 42.4 Å². The molecule has 0 aliphatic rings. The summed E-state index contributed by atoms with van der Waals surface area (Å²) >= 11 is 0. The normalized spacial score (nSPS) is 10.0. The summed E-state index contributed by atoms with van der Waals surface area (Å²) in [5.74, 6) is 0.271. The van der Waals surface area contributed by atoms with E-state index in [2.05, 4.69) is 15.7 Å². The molecule has 8 nitrogen and oxygen atoms in total. The second-order valence-electron chi connectivity index (χ2n) is 4.67. The van der Waals surface area contributed by atoms with Gasteiger partial charge in [-0.15, -0.1) is 0 Å². The number of anilines is 1. The number of methoxy groups -OCH3 is 2. The number of aromatic nitrogens is 2. The first kappa shape index (κ1) is 16.3. The van der Waals surface area contributed by atoms with Gasteiger partial charge in [0.2, 0.25) is 5.91 Å². The van der Waals surface area contributed by atoms with E-state index in [1.165, 1.54) is 18.9 Å². The first-order valence-corrected chi connectivity index (χ1v) is 6.83. The molecule has 2 rings (SSSR count). The number of hydrogen-bond acceptors (Lipinski definition) is 5. The van der Waals surface area contributed by atoms with E-state index in [4.69, 9.17) is 9.47 Å². The zero-order chi connectivity index (χ0) is 16.8. The molecule has 0 aliphatic carbocycles. The van der Waals surface area contributed by atoms with Gasteiger partial charge in [0.1, 0.15) is 17.2 Å². The van der Waals surface area contributed by atoms with Gasteiger partial charge in [0.15, 0.2) is 0 Å². The Kier molecular flexibility index (Phi) is 5.19. The largest absolute Gasteiger partial charge is 0.497 e. The van der Waals surface area contributed by atoms with Crippen LogP contribution in [0.4, 0.5) is 5.69 Å². The average Bonchev–Trinajstić information content (AvgIpc) is 2.99. The van der Waals surface area contributed by atoms with Crippen LogP contribution < -0.4 is 20.1 Å². The first-order valence-electron chi connectivity index (χ1n) is 6.83. The van der Waals surface area contributed by atoms with Gasteiger partial charge in [0.05, 0.1) is 26.5 Å². The third kappa shape index (κ3) is 4.22. The highest BCUT2D eigenvalue weighted by Gasteiger charge is 2.12. The highest BCUT2D eigenvalue weighted by atomic mass is 16.5. The molecule has 1 aromatic heterocycles. The van der Waals surface area contributed by atoms with Gasteiger partial charge in [-0.2, -0.15) is 5.10 Å². The monoisotopic (exact) mass is 318 g/mol. The Morgan fingerprint density at radius 3 is 2.61 bits per heavy atom. The van der Waals surface area contributed by atoms with Gasteiger partial charge >= 0.3 is 0 Å². The number of nitrogens with zero attached hydrogens (tertiary/aromatic N) is 2. The molecule has 1 heterocycles. The van der Waals surface area contributed by atoms with Crippen molar-refractivity contribution in [1.82, 2.24) is 15.1 Å². The maximum Gasteiger partial charge on any atom is 0.272 e. The lowest BCUT2D eigenvalue weighted by atomic mass is 10.2. The number of rotatable bonds is 6. The van der Waals surface area contributed by atoms with E-state index in [1.807, 2.05) is 0 Å². The summed E-state index contributed by atoms with van der Waals surface area (Å²) in [6, 6.07) is 6.61. The molecule has 0 atom stereocenters. The van der Waals surface area contributed by atoms with Crippen molar-refractivity contribution < 1.29 is 19.1 Å². The Bertz CT molecular complexity index is 711. The minimum absolute atomic E-state index is 0.185. The van der Waals surface area contributed by atoms with E-state index in [-0.39, 0.29) is 18.1 Å². The predicted molar refractivity (Wildman–Crippen MR) is 83.7 cm³/mol. The lowest BCUT2D eigenvalue weighted by molar-refractivity contribution is -0.115. The molecule has 0 spiro atoms. The van der Waals surface area contributed by atoms with Crippen molar-refractivity contribution >= 4 is 17.5 Å². The summed E-state index contributed by atoms with van der Waals surface area (Å²) in [6.07, 6.45) is 1.65. The van der Waals surface area contributed by atoms with Crippen LogP contribution in [0, 0.1) is 0 Å². The van der Waals surface area contributed by atoms with Gasteiger partial charge in [-0.3, -0.25) is 14.3 Å². The van der Waals surface area contributed by atoms with Crippen LogP contribution in [0.2, 0.25) is 0 Å². The zero-order valence-corrected chi connectivity index (χ0v) is 13.1. The fraction of sp³-hybridized carbons (Fsp3) is 0.267. The number of carbonyl (C=O) groups excluding carboxylic acids is 2. The summed E-state index contributed by atoms with van der Waals surface area (Å²) in [7, 11) is 4.74. The SMILES string of the molecule is COc1ccc(OC)c(NC(=O)CNC(=O)c2ccn(C)n2)c1. The summed E-state index contributed by atoms with van der Waals surface area (Å²) in [4.78, 5) is 23.8. The Hall–Kier alpha value is -3.03. The molecule has 0 aliphatic heterocycles. The van der Waals surface area contributed by atoms with Crippen LogP contribution in [0.3, 0.4) is 0 Å². The van der Waals surface area contributed by atoms with Crippen molar-refractivity contribution in [2.75, 3.05) is 26.1 Å². The lowest BCUT2D eigenvalue weighted by Crippen LogP contribution is -2.33. The number of ether oxygens (including phenoxy) is 2. The second-order valence-corrected chi connectivity index (χ2v) is 4.67.